The van der Waals surface area contributed by atoms with Gasteiger partial charge in [0.15, 0.2) is 6.54 Å². The molecule has 0 fully saturated rings. The molecule has 2 rings (SSSR count). The fraction of sp³-hybridized carbons (Fsp3) is 0.300. The molecule has 26 heavy (non-hydrogen) atoms. The van der Waals surface area contributed by atoms with Crippen molar-refractivity contribution in [2.75, 3.05) is 25.5 Å². The zero-order chi connectivity index (χ0) is 19.1. The first-order valence-corrected chi connectivity index (χ1v) is 8.92. The maximum atomic E-state index is 12.3. The van der Waals surface area contributed by atoms with Gasteiger partial charge in [-0.1, -0.05) is 41.4 Å². The van der Waals surface area contributed by atoms with Gasteiger partial charge in [0.25, 0.3) is 5.91 Å². The number of amides is 2. The second-order valence-corrected chi connectivity index (χ2v) is 6.88. The molecule has 0 radical (unpaired) electrons. The van der Waals surface area contributed by atoms with Crippen LogP contribution in [0, 0.1) is 6.92 Å². The molecule has 3 N–H and O–H groups in total. The van der Waals surface area contributed by atoms with E-state index in [-0.39, 0.29) is 30.9 Å². The number of aryl methyl sites for hydroxylation is 1. The van der Waals surface area contributed by atoms with Crippen molar-refractivity contribution in [1.82, 2.24) is 4.90 Å². The number of nitrogens with one attached hydrogen (secondary N) is 1. The zero-order valence-electron chi connectivity index (χ0n) is 15.3. The number of carbonyl (C=O) groups excluding carboxylic acids is 2. The minimum atomic E-state index is -0.215. The van der Waals surface area contributed by atoms with E-state index in [0.29, 0.717) is 5.02 Å². The van der Waals surface area contributed by atoms with Crippen molar-refractivity contribution in [3.05, 3.63) is 64.7 Å². The van der Waals surface area contributed by atoms with E-state index in [0.717, 1.165) is 16.8 Å². The highest BCUT2D eigenvalue weighted by atomic mass is 35.5. The molecule has 0 saturated carbocycles. The quantitative estimate of drug-likeness (QED) is 0.781. The average molecular weight is 375 g/mol. The summed E-state index contributed by atoms with van der Waals surface area (Å²) < 4.78 is 0. The standard InChI is InChI=1S/C20H24ClN3O2/c1-14-7-9-18(10-8-14)23-19(25)13-24(3)20(26)12-22-15(2)16-5-4-6-17(21)11-16/h4-11,15,22H,12-13H2,1-3H3,(H,23,25)/p+1/t15-/m1/s1. The summed E-state index contributed by atoms with van der Waals surface area (Å²) in [5.41, 5.74) is 2.91. The summed E-state index contributed by atoms with van der Waals surface area (Å²) in [7, 11) is 1.63. The van der Waals surface area contributed by atoms with Crippen LogP contribution in [-0.4, -0.2) is 36.9 Å². The number of halogens is 1. The van der Waals surface area contributed by atoms with Crippen LogP contribution in [0.4, 0.5) is 5.69 Å². The minimum absolute atomic E-state index is 0.0199. The Morgan fingerprint density at radius 1 is 1.19 bits per heavy atom. The number of likely N-dealkylation sites (N-methyl/N-ethyl adjacent to an activating group) is 1. The highest BCUT2D eigenvalue weighted by Crippen LogP contribution is 2.14. The maximum absolute atomic E-state index is 12.3. The molecule has 6 heteroatoms. The first-order valence-electron chi connectivity index (χ1n) is 8.54. The third kappa shape index (κ3) is 6.17. The van der Waals surface area contributed by atoms with Gasteiger partial charge in [0.2, 0.25) is 5.91 Å². The smallest absolute Gasteiger partial charge is 0.277 e. The second kappa shape index (κ2) is 9.36. The fourth-order valence-electron chi connectivity index (χ4n) is 2.50. The molecule has 2 amide bonds. The number of nitrogens with zero attached hydrogens (tertiary/aromatic N) is 1. The third-order valence-electron chi connectivity index (χ3n) is 4.16. The predicted octanol–water partition coefficient (Wildman–Crippen LogP) is 2.37. The van der Waals surface area contributed by atoms with Gasteiger partial charge in [-0.15, -0.1) is 0 Å². The van der Waals surface area contributed by atoms with Crippen molar-refractivity contribution in [1.29, 1.82) is 0 Å². The lowest BCUT2D eigenvalue weighted by atomic mass is 10.1. The minimum Gasteiger partial charge on any atom is -0.333 e. The van der Waals surface area contributed by atoms with Gasteiger partial charge in [0, 0.05) is 23.3 Å². The number of anilines is 1. The van der Waals surface area contributed by atoms with Crippen LogP contribution in [0.1, 0.15) is 24.1 Å². The molecule has 0 bridgehead atoms. The van der Waals surface area contributed by atoms with Gasteiger partial charge in [0.05, 0.1) is 6.54 Å². The maximum Gasteiger partial charge on any atom is 0.277 e. The van der Waals surface area contributed by atoms with Crippen LogP contribution in [-0.2, 0) is 9.59 Å². The summed E-state index contributed by atoms with van der Waals surface area (Å²) in [5.74, 6) is -0.314. The summed E-state index contributed by atoms with van der Waals surface area (Å²) in [6.07, 6.45) is 0. The van der Waals surface area contributed by atoms with E-state index in [1.807, 2.05) is 67.7 Å². The van der Waals surface area contributed by atoms with Crippen LogP contribution in [0.5, 0.6) is 0 Å². The van der Waals surface area contributed by atoms with Gasteiger partial charge in [-0.2, -0.15) is 0 Å². The van der Waals surface area contributed by atoms with Crippen molar-refractivity contribution in [3.8, 4) is 0 Å². The second-order valence-electron chi connectivity index (χ2n) is 6.45. The normalized spacial score (nSPS) is 11.7. The molecule has 2 aromatic carbocycles. The van der Waals surface area contributed by atoms with E-state index < -0.39 is 0 Å². The van der Waals surface area contributed by atoms with E-state index in [1.54, 1.807) is 7.05 Å². The summed E-state index contributed by atoms with van der Waals surface area (Å²) in [6, 6.07) is 15.2. The van der Waals surface area contributed by atoms with E-state index in [9.17, 15) is 9.59 Å². The molecule has 0 saturated heterocycles. The number of benzene rings is 2. The summed E-state index contributed by atoms with van der Waals surface area (Å²) in [5, 5.41) is 5.41. The molecule has 0 aliphatic carbocycles. The summed E-state index contributed by atoms with van der Waals surface area (Å²) in [6.45, 7) is 4.29. The highest BCUT2D eigenvalue weighted by molar-refractivity contribution is 6.30. The Morgan fingerprint density at radius 2 is 1.88 bits per heavy atom. The van der Waals surface area contributed by atoms with Crippen LogP contribution in [0.3, 0.4) is 0 Å². The van der Waals surface area contributed by atoms with Crippen LogP contribution < -0.4 is 10.6 Å². The Hall–Kier alpha value is -2.37. The van der Waals surface area contributed by atoms with Crippen molar-refractivity contribution in [2.45, 2.75) is 19.9 Å². The number of hydrogen-bond donors (Lipinski definition) is 2. The van der Waals surface area contributed by atoms with Crippen molar-refractivity contribution < 1.29 is 14.9 Å². The van der Waals surface area contributed by atoms with Crippen LogP contribution in [0.25, 0.3) is 0 Å². The molecule has 0 spiro atoms. The molecular formula is C20H25ClN3O2+. The highest BCUT2D eigenvalue weighted by Gasteiger charge is 2.17. The average Bonchev–Trinajstić information content (AvgIpc) is 2.61. The van der Waals surface area contributed by atoms with E-state index in [2.05, 4.69) is 5.32 Å². The Morgan fingerprint density at radius 3 is 2.54 bits per heavy atom. The molecule has 5 nitrogen and oxygen atoms in total. The van der Waals surface area contributed by atoms with Gasteiger partial charge in [-0.05, 0) is 38.1 Å². The topological polar surface area (TPSA) is 66.0 Å². The van der Waals surface area contributed by atoms with Crippen molar-refractivity contribution in [3.63, 3.8) is 0 Å². The van der Waals surface area contributed by atoms with Crippen molar-refractivity contribution >= 4 is 29.1 Å². The molecule has 0 unspecified atom stereocenters. The van der Waals surface area contributed by atoms with E-state index in [4.69, 9.17) is 11.6 Å². The van der Waals surface area contributed by atoms with Gasteiger partial charge < -0.3 is 15.5 Å². The third-order valence-corrected chi connectivity index (χ3v) is 4.40. The number of carbonyl (C=O) groups is 2. The lowest BCUT2D eigenvalue weighted by Crippen LogP contribution is -2.87. The number of hydrogen-bond acceptors (Lipinski definition) is 2. The number of quaternary nitrogens is 1. The predicted molar refractivity (Wildman–Crippen MR) is 104 cm³/mol. The lowest BCUT2D eigenvalue weighted by molar-refractivity contribution is -0.683. The number of nitrogens with two attached hydrogens (primary N) is 1. The molecule has 0 aliphatic rings. The molecule has 0 aliphatic heterocycles. The Balaban J connectivity index is 1.79. The Bertz CT molecular complexity index is 762. The van der Waals surface area contributed by atoms with E-state index >= 15 is 0 Å². The van der Waals surface area contributed by atoms with Crippen LogP contribution >= 0.6 is 11.6 Å². The van der Waals surface area contributed by atoms with Gasteiger partial charge in [0.1, 0.15) is 6.04 Å². The number of rotatable bonds is 7. The Kier molecular flexibility index (Phi) is 7.18. The first kappa shape index (κ1) is 19.9. The molecule has 2 aromatic rings. The molecule has 0 aromatic heterocycles. The van der Waals surface area contributed by atoms with Crippen LogP contribution in [0.2, 0.25) is 5.02 Å². The Labute approximate surface area is 159 Å². The van der Waals surface area contributed by atoms with Gasteiger partial charge >= 0.3 is 0 Å². The molecule has 138 valence electrons. The zero-order valence-corrected chi connectivity index (χ0v) is 16.1. The SMILES string of the molecule is Cc1ccc(NC(=O)CN(C)C(=O)C[NH2+][C@H](C)c2cccc(Cl)c2)cc1. The van der Waals surface area contributed by atoms with Crippen molar-refractivity contribution in [2.24, 2.45) is 0 Å². The fourth-order valence-corrected chi connectivity index (χ4v) is 2.70. The summed E-state index contributed by atoms with van der Waals surface area (Å²) in [4.78, 5) is 25.8. The largest absolute Gasteiger partial charge is 0.333 e. The first-order chi connectivity index (χ1) is 12.3. The molecular weight excluding hydrogens is 350 g/mol. The lowest BCUT2D eigenvalue weighted by Gasteiger charge is -2.18. The van der Waals surface area contributed by atoms with Gasteiger partial charge in [-0.3, -0.25) is 9.59 Å². The van der Waals surface area contributed by atoms with E-state index in [1.165, 1.54) is 4.90 Å². The molecule has 1 atom stereocenters. The monoisotopic (exact) mass is 374 g/mol. The summed E-state index contributed by atoms with van der Waals surface area (Å²) >= 11 is 6.00. The van der Waals surface area contributed by atoms with Gasteiger partial charge in [-0.25, -0.2) is 0 Å². The van der Waals surface area contributed by atoms with Crippen LogP contribution in [0.15, 0.2) is 48.5 Å². The molecule has 0 heterocycles.